The van der Waals surface area contributed by atoms with Gasteiger partial charge < -0.3 is 25.4 Å². The average Bonchev–Trinajstić information content (AvgIpc) is 3.50. The third-order valence-corrected chi connectivity index (χ3v) is 8.63. The van der Waals surface area contributed by atoms with Crippen molar-refractivity contribution >= 4 is 27.5 Å². The van der Waals surface area contributed by atoms with Gasteiger partial charge in [0.1, 0.15) is 5.60 Å². The zero-order valence-corrected chi connectivity index (χ0v) is 24.4. The van der Waals surface area contributed by atoms with Crippen LogP contribution in [0.4, 0.5) is 16.2 Å². The number of nitrogens with two attached hydrogens (primary N) is 1. The van der Waals surface area contributed by atoms with Gasteiger partial charge >= 0.3 is 6.09 Å². The highest BCUT2D eigenvalue weighted by Gasteiger charge is 2.36. The van der Waals surface area contributed by atoms with Crippen LogP contribution in [0, 0.1) is 0 Å². The fourth-order valence-corrected chi connectivity index (χ4v) is 6.18. The first-order chi connectivity index (χ1) is 18.8. The van der Waals surface area contributed by atoms with E-state index in [2.05, 4.69) is 10.6 Å². The van der Waals surface area contributed by atoms with Gasteiger partial charge in [-0.3, -0.25) is 10.6 Å². The van der Waals surface area contributed by atoms with Crippen LogP contribution in [-0.4, -0.2) is 67.8 Å². The predicted octanol–water partition coefficient (Wildman–Crippen LogP) is 3.15. The van der Waals surface area contributed by atoms with Gasteiger partial charge in [-0.1, -0.05) is 47.6 Å². The number of aliphatic hydroxyl groups excluding tert-OH is 1. The first-order valence-electron chi connectivity index (χ1n) is 13.6. The molecule has 5 N–H and O–H groups in total. The molecule has 40 heavy (non-hydrogen) atoms. The largest absolute Gasteiger partial charge is 0.444 e. The van der Waals surface area contributed by atoms with Crippen LogP contribution in [0.1, 0.15) is 52.0 Å². The van der Waals surface area contributed by atoms with Crippen molar-refractivity contribution in [3.63, 3.8) is 0 Å². The highest BCUT2D eigenvalue weighted by Crippen LogP contribution is 2.35. The summed E-state index contributed by atoms with van der Waals surface area (Å²) in [4.78, 5) is 20.5. The van der Waals surface area contributed by atoms with E-state index in [1.807, 2.05) is 30.3 Å². The van der Waals surface area contributed by atoms with E-state index in [-0.39, 0.29) is 17.4 Å². The summed E-state index contributed by atoms with van der Waals surface area (Å²) in [5, 5.41) is 17.2. The maximum absolute atomic E-state index is 13.9. The molecule has 1 heterocycles. The molecule has 1 fully saturated rings. The molecular weight excluding hydrogens is 534 g/mol. The van der Waals surface area contributed by atoms with Crippen LogP contribution < -0.4 is 21.3 Å². The Hall–Kier alpha value is -2.90. The monoisotopic (exact) mass is 575 g/mol. The fourth-order valence-electron chi connectivity index (χ4n) is 4.86. The molecule has 0 bridgehead atoms. The first-order valence-corrected chi connectivity index (χ1v) is 15.1. The normalized spacial score (nSPS) is 19.3. The smallest absolute Gasteiger partial charge is 0.407 e. The number of nitrogens with zero attached hydrogens (tertiary/aromatic N) is 2. The van der Waals surface area contributed by atoms with E-state index < -0.39 is 46.7 Å². The highest BCUT2D eigenvalue weighted by molar-refractivity contribution is 7.89. The average molecular weight is 576 g/mol. The topological polar surface area (TPSA) is 146 Å². The van der Waals surface area contributed by atoms with Gasteiger partial charge in [0.25, 0.3) is 10.0 Å². The third-order valence-electron chi connectivity index (χ3n) is 7.01. The molecule has 1 aliphatic carbocycles. The number of rotatable bonds is 10. The van der Waals surface area contributed by atoms with Crippen LogP contribution in [-0.2, 0) is 26.0 Å². The molecule has 0 aromatic heterocycles. The summed E-state index contributed by atoms with van der Waals surface area (Å²) < 4.78 is 34.2. The van der Waals surface area contributed by atoms with Crippen LogP contribution >= 0.6 is 0 Å². The number of hydrogen-bond acceptors (Lipinski definition) is 9. The lowest BCUT2D eigenvalue weighted by molar-refractivity contribution is -0.145. The number of alkyl carbamates (subject to hydrolysis) is 1. The Morgan fingerprint density at radius 3 is 2.52 bits per heavy atom. The number of ether oxygens (including phenoxy) is 1. The summed E-state index contributed by atoms with van der Waals surface area (Å²) in [6.07, 6.45) is 0.788. The minimum atomic E-state index is -4.20. The van der Waals surface area contributed by atoms with Gasteiger partial charge in [-0.25, -0.2) is 13.2 Å². The predicted molar refractivity (Wildman–Crippen MR) is 153 cm³/mol. The molecule has 2 aromatic carbocycles. The van der Waals surface area contributed by atoms with E-state index in [1.54, 1.807) is 44.9 Å². The van der Waals surface area contributed by atoms with E-state index in [0.29, 0.717) is 5.69 Å². The Labute approximate surface area is 236 Å². The molecule has 2 aromatic rings. The Balaban J connectivity index is 1.61. The maximum Gasteiger partial charge on any atom is 0.407 e. The molecular formula is C28H41N5O6S. The number of hydrogen-bond donors (Lipinski definition) is 4. The molecule has 12 heteroatoms. The summed E-state index contributed by atoms with van der Waals surface area (Å²) in [6.45, 7) is 4.84. The molecule has 4 rings (SSSR count). The molecule has 0 saturated heterocycles. The number of nitrogens with one attached hydrogen (secondary N) is 2. The minimum Gasteiger partial charge on any atom is -0.444 e. The molecule has 0 spiro atoms. The van der Waals surface area contributed by atoms with Gasteiger partial charge in [-0.05, 0) is 63.8 Å². The number of amides is 1. The SMILES string of the molecule is CN1c2cc(S(=O)(=O)N(C[C@@H](O)[C@H](Cc3ccccc3)NC(=O)OC(C)(C)C)OC3CCCC3)ccc2NC1N. The van der Waals surface area contributed by atoms with Crippen molar-refractivity contribution in [2.75, 3.05) is 23.8 Å². The van der Waals surface area contributed by atoms with E-state index in [4.69, 9.17) is 15.3 Å². The Kier molecular flexibility index (Phi) is 9.26. The molecule has 1 unspecified atom stereocenters. The van der Waals surface area contributed by atoms with Crippen molar-refractivity contribution in [3.05, 3.63) is 54.1 Å². The summed E-state index contributed by atoms with van der Waals surface area (Å²) >= 11 is 0. The second-order valence-electron chi connectivity index (χ2n) is 11.4. The molecule has 1 aliphatic heterocycles. The Morgan fingerprint density at radius 2 is 1.88 bits per heavy atom. The number of aliphatic hydroxyl groups is 1. The van der Waals surface area contributed by atoms with Crippen molar-refractivity contribution in [1.29, 1.82) is 0 Å². The van der Waals surface area contributed by atoms with Crippen molar-refractivity contribution in [1.82, 2.24) is 9.79 Å². The van der Waals surface area contributed by atoms with E-state index in [9.17, 15) is 18.3 Å². The van der Waals surface area contributed by atoms with Gasteiger partial charge in [-0.2, -0.15) is 0 Å². The van der Waals surface area contributed by atoms with Crippen molar-refractivity contribution in [2.24, 2.45) is 5.73 Å². The molecule has 1 saturated carbocycles. The number of benzene rings is 2. The number of fused-ring (bicyclic) bond motifs is 1. The van der Waals surface area contributed by atoms with Gasteiger partial charge in [0.15, 0.2) is 6.29 Å². The third kappa shape index (κ3) is 7.43. The number of hydroxylamine groups is 1. The van der Waals surface area contributed by atoms with E-state index >= 15 is 0 Å². The summed E-state index contributed by atoms with van der Waals surface area (Å²) in [5.74, 6) is 0. The van der Waals surface area contributed by atoms with Crippen molar-refractivity contribution in [2.45, 2.75) is 87.9 Å². The van der Waals surface area contributed by atoms with Crippen LogP contribution in [0.25, 0.3) is 0 Å². The lowest BCUT2D eigenvalue weighted by atomic mass is 10.0. The van der Waals surface area contributed by atoms with Gasteiger partial charge in [0.2, 0.25) is 0 Å². The van der Waals surface area contributed by atoms with Crippen molar-refractivity contribution < 1.29 is 27.9 Å². The van der Waals surface area contributed by atoms with E-state index in [1.165, 1.54) is 6.07 Å². The second-order valence-corrected chi connectivity index (χ2v) is 13.2. The summed E-state index contributed by atoms with van der Waals surface area (Å²) in [5.41, 5.74) is 7.53. The fraction of sp³-hybridized carbons (Fsp3) is 0.536. The van der Waals surface area contributed by atoms with Crippen LogP contribution in [0.15, 0.2) is 53.4 Å². The van der Waals surface area contributed by atoms with Crippen LogP contribution in [0.3, 0.4) is 0 Å². The zero-order valence-electron chi connectivity index (χ0n) is 23.5. The van der Waals surface area contributed by atoms with Gasteiger partial charge in [-0.15, -0.1) is 0 Å². The molecule has 3 atom stereocenters. The lowest BCUT2D eigenvalue weighted by Gasteiger charge is -2.31. The second kappa shape index (κ2) is 12.3. The number of carbonyl (C=O) groups is 1. The molecule has 2 aliphatic rings. The van der Waals surface area contributed by atoms with Crippen LogP contribution in [0.5, 0.6) is 0 Å². The minimum absolute atomic E-state index is 0.0129. The molecule has 11 nitrogen and oxygen atoms in total. The summed E-state index contributed by atoms with van der Waals surface area (Å²) in [6, 6.07) is 13.2. The Morgan fingerprint density at radius 1 is 1.20 bits per heavy atom. The molecule has 0 radical (unpaired) electrons. The van der Waals surface area contributed by atoms with Gasteiger partial charge in [0.05, 0.1) is 41.1 Å². The number of sulfonamides is 1. The maximum atomic E-state index is 13.9. The zero-order chi connectivity index (χ0) is 29.1. The Bertz CT molecular complexity index is 1260. The molecule has 1 amide bonds. The lowest BCUT2D eigenvalue weighted by Crippen LogP contribution is -2.51. The van der Waals surface area contributed by atoms with Crippen molar-refractivity contribution in [3.8, 4) is 0 Å². The quantitative estimate of drug-likeness (QED) is 0.314. The number of anilines is 2. The summed E-state index contributed by atoms with van der Waals surface area (Å²) in [7, 11) is -2.43. The highest BCUT2D eigenvalue weighted by atomic mass is 32.2. The van der Waals surface area contributed by atoms with Crippen LogP contribution in [0.2, 0.25) is 0 Å². The van der Waals surface area contributed by atoms with Gasteiger partial charge in [0, 0.05) is 7.05 Å². The first kappa shape index (κ1) is 30.1. The number of carbonyl (C=O) groups excluding carboxylic acids is 1. The standard InChI is InChI=1S/C28H41N5O6S/c1-28(2,3)38-27(35)31-23(16-19-10-6-5-7-11-19)25(34)18-33(39-20-12-8-9-13-20)40(36,37)21-14-15-22-24(17-21)32(4)26(29)30-22/h5-7,10-11,14-15,17,20,23,25-26,30,34H,8-9,12-13,16,18,29H2,1-4H3,(H,31,35)/t23-,25+,26?/m0/s1. The van der Waals surface area contributed by atoms with E-state index in [0.717, 1.165) is 41.4 Å². The molecule has 220 valence electrons.